The molecule has 0 aliphatic heterocycles. The number of aryl methyl sites for hydroxylation is 2. The van der Waals surface area contributed by atoms with E-state index in [1.54, 1.807) is 29.5 Å². The summed E-state index contributed by atoms with van der Waals surface area (Å²) >= 11 is 1.61. The van der Waals surface area contributed by atoms with Crippen LogP contribution in [0.25, 0.3) is 21.6 Å². The van der Waals surface area contributed by atoms with Crippen LogP contribution in [0.15, 0.2) is 23.0 Å². The van der Waals surface area contributed by atoms with E-state index in [-0.39, 0.29) is 12.2 Å². The second-order valence-corrected chi connectivity index (χ2v) is 7.51. The van der Waals surface area contributed by atoms with Crippen LogP contribution in [0.1, 0.15) is 23.3 Å². The third-order valence-electron chi connectivity index (χ3n) is 4.63. The molecule has 0 saturated carbocycles. The molecule has 0 unspecified atom stereocenters. The van der Waals surface area contributed by atoms with Crippen molar-refractivity contribution in [3.05, 3.63) is 39.0 Å². The van der Waals surface area contributed by atoms with Crippen LogP contribution >= 0.6 is 11.3 Å². The summed E-state index contributed by atoms with van der Waals surface area (Å²) in [6.45, 7) is -0.239. The van der Waals surface area contributed by atoms with E-state index in [1.807, 2.05) is 0 Å². The topological polar surface area (TPSA) is 107 Å². The molecule has 0 atom stereocenters. The summed E-state index contributed by atoms with van der Waals surface area (Å²) in [7, 11) is 1.50. The molecule has 140 valence electrons. The monoisotopic (exact) mass is 385 g/mol. The SMILES string of the molecule is COc1cc(-c2nc3sc4c(c3c(=O)[nH]2)CCCC4)ccc1OCC(N)=O. The first kappa shape index (κ1) is 17.5. The van der Waals surface area contributed by atoms with Gasteiger partial charge in [0.25, 0.3) is 11.5 Å². The number of methoxy groups -OCH3 is 1. The number of ether oxygens (including phenoxy) is 2. The van der Waals surface area contributed by atoms with Gasteiger partial charge in [-0.1, -0.05) is 0 Å². The summed E-state index contributed by atoms with van der Waals surface area (Å²) in [5, 5.41) is 0.729. The van der Waals surface area contributed by atoms with Gasteiger partial charge in [-0.3, -0.25) is 9.59 Å². The minimum absolute atomic E-state index is 0.109. The Labute approximate surface area is 159 Å². The van der Waals surface area contributed by atoms with Gasteiger partial charge in [-0.15, -0.1) is 11.3 Å². The standard InChI is InChI=1S/C19H19N3O4S/c1-25-13-8-10(6-7-12(13)26-9-15(20)23)17-21-18(24)16-11-4-2-3-5-14(11)27-19(16)22-17/h6-8H,2-5,9H2,1H3,(H2,20,23)(H,21,22,24). The lowest BCUT2D eigenvalue weighted by molar-refractivity contribution is -0.119. The van der Waals surface area contributed by atoms with Crippen LogP contribution in [0.2, 0.25) is 0 Å². The normalized spacial score (nSPS) is 13.4. The van der Waals surface area contributed by atoms with Gasteiger partial charge in [0.15, 0.2) is 18.1 Å². The molecule has 27 heavy (non-hydrogen) atoms. The summed E-state index contributed by atoms with van der Waals surface area (Å²) in [6, 6.07) is 5.14. The fourth-order valence-corrected chi connectivity index (χ4v) is 4.65. The van der Waals surface area contributed by atoms with Gasteiger partial charge in [0.05, 0.1) is 12.5 Å². The minimum Gasteiger partial charge on any atom is -0.493 e. The van der Waals surface area contributed by atoms with Crippen molar-refractivity contribution in [3.63, 3.8) is 0 Å². The predicted octanol–water partition coefficient (Wildman–Crippen LogP) is 2.40. The summed E-state index contributed by atoms with van der Waals surface area (Å²) in [6.07, 6.45) is 4.24. The van der Waals surface area contributed by atoms with Crippen LogP contribution in [0.4, 0.5) is 0 Å². The molecule has 1 aliphatic rings. The van der Waals surface area contributed by atoms with Crippen molar-refractivity contribution in [1.82, 2.24) is 9.97 Å². The van der Waals surface area contributed by atoms with Crippen LogP contribution in [-0.2, 0) is 17.6 Å². The number of rotatable bonds is 5. The average Bonchev–Trinajstić information content (AvgIpc) is 3.05. The average molecular weight is 385 g/mol. The van der Waals surface area contributed by atoms with Gasteiger partial charge < -0.3 is 20.2 Å². The molecular formula is C19H19N3O4S. The van der Waals surface area contributed by atoms with Crippen LogP contribution in [0.3, 0.4) is 0 Å². The number of hydrogen-bond donors (Lipinski definition) is 2. The molecule has 0 fully saturated rings. The van der Waals surface area contributed by atoms with Crippen molar-refractivity contribution in [2.45, 2.75) is 25.7 Å². The first-order valence-corrected chi connectivity index (χ1v) is 9.52. The smallest absolute Gasteiger partial charge is 0.260 e. The third-order valence-corrected chi connectivity index (χ3v) is 5.82. The zero-order valence-corrected chi connectivity index (χ0v) is 15.6. The highest BCUT2D eigenvalue weighted by Gasteiger charge is 2.20. The lowest BCUT2D eigenvalue weighted by Gasteiger charge is -2.11. The maximum Gasteiger partial charge on any atom is 0.260 e. The van der Waals surface area contributed by atoms with E-state index in [1.165, 1.54) is 12.0 Å². The number of aromatic nitrogens is 2. The quantitative estimate of drug-likeness (QED) is 0.701. The van der Waals surface area contributed by atoms with E-state index in [9.17, 15) is 9.59 Å². The molecule has 1 aliphatic carbocycles. The number of aromatic amines is 1. The molecule has 0 radical (unpaired) electrons. The number of nitrogens with one attached hydrogen (secondary N) is 1. The third kappa shape index (κ3) is 3.28. The van der Waals surface area contributed by atoms with Gasteiger partial charge in [0.2, 0.25) is 0 Å². The highest BCUT2D eigenvalue weighted by Crippen LogP contribution is 2.35. The Morgan fingerprint density at radius 3 is 2.89 bits per heavy atom. The molecule has 3 aromatic rings. The Morgan fingerprint density at radius 1 is 1.30 bits per heavy atom. The van der Waals surface area contributed by atoms with Gasteiger partial charge in [0.1, 0.15) is 10.7 Å². The maximum atomic E-state index is 12.7. The zero-order chi connectivity index (χ0) is 19.0. The molecule has 7 nitrogen and oxygen atoms in total. The molecule has 8 heteroatoms. The summed E-state index contributed by atoms with van der Waals surface area (Å²) in [5.41, 5.74) is 6.86. The molecular weight excluding hydrogens is 366 g/mol. The number of amides is 1. The van der Waals surface area contributed by atoms with E-state index in [2.05, 4.69) is 9.97 Å². The number of benzene rings is 1. The summed E-state index contributed by atoms with van der Waals surface area (Å²) < 4.78 is 10.7. The van der Waals surface area contributed by atoms with Crippen molar-refractivity contribution in [3.8, 4) is 22.9 Å². The number of primary amides is 1. The van der Waals surface area contributed by atoms with Crippen molar-refractivity contribution in [2.75, 3.05) is 13.7 Å². The molecule has 3 N–H and O–H groups in total. The van der Waals surface area contributed by atoms with E-state index < -0.39 is 5.91 Å². The highest BCUT2D eigenvalue weighted by atomic mass is 32.1. The van der Waals surface area contributed by atoms with E-state index >= 15 is 0 Å². The van der Waals surface area contributed by atoms with Crippen molar-refractivity contribution in [2.24, 2.45) is 5.73 Å². The molecule has 2 aromatic heterocycles. The molecule has 2 heterocycles. The van der Waals surface area contributed by atoms with Crippen molar-refractivity contribution in [1.29, 1.82) is 0 Å². The van der Waals surface area contributed by atoms with E-state index in [0.717, 1.165) is 41.5 Å². The fourth-order valence-electron chi connectivity index (χ4n) is 3.38. The van der Waals surface area contributed by atoms with E-state index in [0.29, 0.717) is 22.9 Å². The van der Waals surface area contributed by atoms with E-state index in [4.69, 9.17) is 15.2 Å². The second-order valence-electron chi connectivity index (χ2n) is 6.43. The summed E-state index contributed by atoms with van der Waals surface area (Å²) in [4.78, 5) is 33.2. The number of carbonyl (C=O) groups is 1. The first-order valence-electron chi connectivity index (χ1n) is 8.71. The Morgan fingerprint density at radius 2 is 2.11 bits per heavy atom. The number of carbonyl (C=O) groups excluding carboxylic acids is 1. The van der Waals surface area contributed by atoms with Crippen LogP contribution < -0.4 is 20.8 Å². The number of thiophene rings is 1. The minimum atomic E-state index is -0.570. The molecule has 4 rings (SSSR count). The number of nitrogens with two attached hydrogens (primary N) is 1. The van der Waals surface area contributed by atoms with Gasteiger partial charge in [-0.05, 0) is 49.4 Å². The van der Waals surface area contributed by atoms with Gasteiger partial charge >= 0.3 is 0 Å². The number of fused-ring (bicyclic) bond motifs is 3. The summed E-state index contributed by atoms with van der Waals surface area (Å²) in [5.74, 6) is 0.738. The lowest BCUT2D eigenvalue weighted by Crippen LogP contribution is -2.20. The second kappa shape index (κ2) is 7.03. The maximum absolute atomic E-state index is 12.7. The highest BCUT2D eigenvalue weighted by molar-refractivity contribution is 7.18. The number of nitrogens with zero attached hydrogens (tertiary/aromatic N) is 1. The number of H-pyrrole nitrogens is 1. The van der Waals surface area contributed by atoms with Crippen molar-refractivity contribution < 1.29 is 14.3 Å². The molecule has 0 saturated heterocycles. The fraction of sp³-hybridized carbons (Fsp3) is 0.316. The van der Waals surface area contributed by atoms with Crippen LogP contribution in [0.5, 0.6) is 11.5 Å². The Hall–Kier alpha value is -2.87. The zero-order valence-electron chi connectivity index (χ0n) is 14.8. The molecule has 0 spiro atoms. The van der Waals surface area contributed by atoms with Crippen LogP contribution in [-0.4, -0.2) is 29.6 Å². The predicted molar refractivity (Wildman–Crippen MR) is 104 cm³/mol. The van der Waals surface area contributed by atoms with Crippen molar-refractivity contribution >= 4 is 27.5 Å². The largest absolute Gasteiger partial charge is 0.493 e. The Balaban J connectivity index is 1.76. The van der Waals surface area contributed by atoms with Gasteiger partial charge in [0, 0.05) is 10.4 Å². The molecule has 1 aromatic carbocycles. The van der Waals surface area contributed by atoms with Gasteiger partial charge in [-0.25, -0.2) is 4.98 Å². The lowest BCUT2D eigenvalue weighted by atomic mass is 9.97. The van der Waals surface area contributed by atoms with Crippen LogP contribution in [0, 0.1) is 0 Å². The first-order chi connectivity index (χ1) is 13.1. The number of hydrogen-bond acceptors (Lipinski definition) is 6. The molecule has 0 bridgehead atoms. The van der Waals surface area contributed by atoms with Gasteiger partial charge in [-0.2, -0.15) is 0 Å². The molecule has 1 amide bonds. The Bertz CT molecular complexity index is 1090. The Kier molecular flexibility index (Phi) is 4.57.